The van der Waals surface area contributed by atoms with Crippen molar-refractivity contribution in [2.75, 3.05) is 4.90 Å². The molecular weight excluding hydrogens is 381 g/mol. The van der Waals surface area contributed by atoms with Crippen LogP contribution in [0.1, 0.15) is 43.1 Å². The first-order valence-corrected chi connectivity index (χ1v) is 10.5. The number of rotatable bonds is 3. The van der Waals surface area contributed by atoms with Crippen molar-refractivity contribution in [1.82, 2.24) is 9.88 Å². The minimum Gasteiger partial charge on any atom is -0.351 e. The van der Waals surface area contributed by atoms with Gasteiger partial charge in [0.1, 0.15) is 17.1 Å². The number of aromatic nitrogens is 1. The van der Waals surface area contributed by atoms with Gasteiger partial charge in [-0.2, -0.15) is 0 Å². The van der Waals surface area contributed by atoms with Crippen LogP contribution in [-0.2, 0) is 11.3 Å². The lowest BCUT2D eigenvalue weighted by Gasteiger charge is -2.44. The number of nitrogens with zero attached hydrogens (tertiary/aromatic N) is 2. The summed E-state index contributed by atoms with van der Waals surface area (Å²) in [5.74, 6) is -1.13. The SMILES string of the molecule is CC1(C(=O)NC2CCCC2)Cn2c(cc3ccccc32)C(=O)N1c1ccccc1F. The van der Waals surface area contributed by atoms with Gasteiger partial charge in [-0.3, -0.25) is 14.5 Å². The number of benzene rings is 2. The van der Waals surface area contributed by atoms with Gasteiger partial charge in [0, 0.05) is 16.9 Å². The number of halogens is 1. The van der Waals surface area contributed by atoms with Gasteiger partial charge in [-0.25, -0.2) is 4.39 Å². The zero-order valence-electron chi connectivity index (χ0n) is 16.9. The minimum atomic E-state index is -1.25. The molecule has 2 aliphatic rings. The van der Waals surface area contributed by atoms with Gasteiger partial charge in [0.25, 0.3) is 5.91 Å². The maximum Gasteiger partial charge on any atom is 0.276 e. The molecule has 1 aliphatic carbocycles. The highest BCUT2D eigenvalue weighted by molar-refractivity contribution is 6.14. The quantitative estimate of drug-likeness (QED) is 0.708. The van der Waals surface area contributed by atoms with E-state index in [2.05, 4.69) is 5.32 Å². The van der Waals surface area contributed by atoms with Crippen molar-refractivity contribution in [1.29, 1.82) is 0 Å². The van der Waals surface area contributed by atoms with Crippen molar-refractivity contribution in [2.24, 2.45) is 0 Å². The zero-order valence-corrected chi connectivity index (χ0v) is 16.9. The predicted molar refractivity (Wildman–Crippen MR) is 114 cm³/mol. The van der Waals surface area contributed by atoms with Crippen molar-refractivity contribution < 1.29 is 14.0 Å². The van der Waals surface area contributed by atoms with Gasteiger partial charge >= 0.3 is 0 Å². The molecule has 1 atom stereocenters. The van der Waals surface area contributed by atoms with Crippen molar-refractivity contribution in [3.8, 4) is 0 Å². The number of hydrogen-bond acceptors (Lipinski definition) is 2. The number of carbonyl (C=O) groups excluding carboxylic acids is 2. The van der Waals surface area contributed by atoms with Crippen molar-refractivity contribution in [3.63, 3.8) is 0 Å². The second-order valence-electron chi connectivity index (χ2n) is 8.50. The second kappa shape index (κ2) is 6.97. The molecule has 3 aromatic rings. The Balaban J connectivity index is 1.66. The molecule has 5 nitrogen and oxygen atoms in total. The monoisotopic (exact) mass is 405 g/mol. The van der Waals surface area contributed by atoms with Crippen molar-refractivity contribution in [2.45, 2.75) is 50.7 Å². The molecule has 6 heteroatoms. The van der Waals surface area contributed by atoms with Gasteiger partial charge in [0.15, 0.2) is 0 Å². The minimum absolute atomic E-state index is 0.106. The molecule has 1 fully saturated rings. The fourth-order valence-corrected chi connectivity index (χ4v) is 4.87. The van der Waals surface area contributed by atoms with E-state index in [1.54, 1.807) is 25.1 Å². The van der Waals surface area contributed by atoms with Crippen LogP contribution in [0.4, 0.5) is 10.1 Å². The highest BCUT2D eigenvalue weighted by atomic mass is 19.1. The molecule has 2 amide bonds. The predicted octanol–water partition coefficient (Wildman–Crippen LogP) is 4.26. The van der Waals surface area contributed by atoms with E-state index in [4.69, 9.17) is 0 Å². The average Bonchev–Trinajstić information content (AvgIpc) is 3.37. The summed E-state index contributed by atoms with van der Waals surface area (Å²) in [6, 6.07) is 15.8. The van der Waals surface area contributed by atoms with Gasteiger partial charge in [-0.1, -0.05) is 43.2 Å². The molecular formula is C24H24FN3O2. The van der Waals surface area contributed by atoms with Crippen molar-refractivity contribution in [3.05, 3.63) is 66.1 Å². The van der Waals surface area contributed by atoms with Gasteiger partial charge in [-0.15, -0.1) is 0 Å². The van der Waals surface area contributed by atoms with Gasteiger partial charge in [0.2, 0.25) is 5.91 Å². The summed E-state index contributed by atoms with van der Waals surface area (Å²) < 4.78 is 16.7. The number of anilines is 1. The molecule has 1 unspecified atom stereocenters. The van der Waals surface area contributed by atoms with E-state index in [-0.39, 0.29) is 30.1 Å². The van der Waals surface area contributed by atoms with Crippen LogP contribution in [0.25, 0.3) is 10.9 Å². The third-order valence-corrected chi connectivity index (χ3v) is 6.47. The van der Waals surface area contributed by atoms with E-state index in [1.807, 2.05) is 34.9 Å². The highest BCUT2D eigenvalue weighted by Crippen LogP contribution is 2.37. The largest absolute Gasteiger partial charge is 0.351 e. The molecule has 1 saturated carbocycles. The van der Waals surface area contributed by atoms with E-state index >= 15 is 0 Å². The van der Waals surface area contributed by atoms with Crippen molar-refractivity contribution >= 4 is 28.4 Å². The molecule has 0 saturated heterocycles. The van der Waals surface area contributed by atoms with Crippen LogP contribution in [0.3, 0.4) is 0 Å². The number of para-hydroxylation sites is 2. The second-order valence-corrected chi connectivity index (χ2v) is 8.50. The smallest absolute Gasteiger partial charge is 0.276 e. The summed E-state index contributed by atoms with van der Waals surface area (Å²) in [6.45, 7) is 1.99. The summed E-state index contributed by atoms with van der Waals surface area (Å²) in [7, 11) is 0. The highest BCUT2D eigenvalue weighted by Gasteiger charge is 2.49. The molecule has 1 aliphatic heterocycles. The van der Waals surface area contributed by atoms with Crippen LogP contribution >= 0.6 is 0 Å². The summed E-state index contributed by atoms with van der Waals surface area (Å²) >= 11 is 0. The molecule has 0 bridgehead atoms. The van der Waals surface area contributed by atoms with E-state index in [0.29, 0.717) is 5.69 Å². The van der Waals surface area contributed by atoms with Crippen LogP contribution in [0, 0.1) is 5.82 Å². The Morgan fingerprint density at radius 2 is 1.80 bits per heavy atom. The molecule has 154 valence electrons. The lowest BCUT2D eigenvalue weighted by molar-refractivity contribution is -0.127. The lowest BCUT2D eigenvalue weighted by Crippen LogP contribution is -2.65. The van der Waals surface area contributed by atoms with E-state index in [1.165, 1.54) is 11.0 Å². The van der Waals surface area contributed by atoms with Crippen LogP contribution in [-0.4, -0.2) is 28.0 Å². The Bertz CT molecular complexity index is 1150. The first-order valence-electron chi connectivity index (χ1n) is 10.5. The third kappa shape index (κ3) is 2.82. The Kier molecular flexibility index (Phi) is 4.38. The molecule has 1 N–H and O–H groups in total. The molecule has 2 aromatic carbocycles. The van der Waals surface area contributed by atoms with Crippen LogP contribution in [0.15, 0.2) is 54.6 Å². The van der Waals surface area contributed by atoms with E-state index in [9.17, 15) is 14.0 Å². The van der Waals surface area contributed by atoms with Gasteiger partial charge < -0.3 is 9.88 Å². The Morgan fingerprint density at radius 1 is 1.10 bits per heavy atom. The lowest BCUT2D eigenvalue weighted by atomic mass is 9.93. The first-order chi connectivity index (χ1) is 14.5. The number of carbonyl (C=O) groups is 2. The van der Waals surface area contributed by atoms with E-state index in [0.717, 1.165) is 36.6 Å². The third-order valence-electron chi connectivity index (χ3n) is 6.47. The van der Waals surface area contributed by atoms with Crippen LogP contribution in [0.2, 0.25) is 0 Å². The molecule has 2 heterocycles. The summed E-state index contributed by atoms with van der Waals surface area (Å²) in [5.41, 5.74) is 0.235. The molecule has 1 aromatic heterocycles. The molecule has 30 heavy (non-hydrogen) atoms. The normalized spacial score (nSPS) is 21.8. The first kappa shape index (κ1) is 18.9. The molecule has 0 radical (unpaired) electrons. The Morgan fingerprint density at radius 3 is 2.57 bits per heavy atom. The number of fused-ring (bicyclic) bond motifs is 3. The Hall–Kier alpha value is -3.15. The topological polar surface area (TPSA) is 54.3 Å². The Labute approximate surface area is 174 Å². The number of hydrogen-bond donors (Lipinski definition) is 1. The molecule has 0 spiro atoms. The number of amides is 2. The summed E-state index contributed by atoms with van der Waals surface area (Å²) in [6.07, 6.45) is 4.05. The zero-order chi connectivity index (χ0) is 20.9. The molecule has 5 rings (SSSR count). The van der Waals surface area contributed by atoms with Gasteiger partial charge in [0.05, 0.1) is 12.2 Å². The fourth-order valence-electron chi connectivity index (χ4n) is 4.87. The van der Waals surface area contributed by atoms with Crippen LogP contribution in [0.5, 0.6) is 0 Å². The summed E-state index contributed by atoms with van der Waals surface area (Å²) in [4.78, 5) is 28.5. The maximum absolute atomic E-state index is 14.8. The van der Waals surface area contributed by atoms with E-state index < -0.39 is 11.4 Å². The maximum atomic E-state index is 14.8. The average molecular weight is 405 g/mol. The standard InChI is InChI=1S/C24H24FN3O2/c1-24(23(30)26-17-9-3-4-10-17)15-27-19-12-6-2-8-16(19)14-21(27)22(29)28(24)20-13-7-5-11-18(20)25/h2,5-8,11-14,17H,3-4,9-10,15H2,1H3,(H,26,30). The number of nitrogens with one attached hydrogen (secondary N) is 1. The fraction of sp³-hybridized carbons (Fsp3) is 0.333. The van der Waals surface area contributed by atoms with Crippen LogP contribution < -0.4 is 10.2 Å². The summed E-state index contributed by atoms with van der Waals surface area (Å²) in [5, 5.41) is 4.06. The van der Waals surface area contributed by atoms with Gasteiger partial charge in [-0.05, 0) is 44.0 Å².